The Kier molecular flexibility index (Phi) is 10.0. The van der Waals surface area contributed by atoms with Gasteiger partial charge in [-0.05, 0) is 55.7 Å². The minimum atomic E-state index is -0.298. The van der Waals surface area contributed by atoms with Crippen molar-refractivity contribution >= 4 is 51.8 Å². The average Bonchev–Trinajstić information content (AvgIpc) is 3.22. The van der Waals surface area contributed by atoms with E-state index in [2.05, 4.69) is 29.7 Å². The largest absolute Gasteiger partial charge is 0.368 e. The molecule has 1 amide bonds. The molecule has 1 aromatic heterocycles. The molecule has 0 bridgehead atoms. The normalized spacial score (nSPS) is 16.8. The fourth-order valence-electron chi connectivity index (χ4n) is 5.18. The van der Waals surface area contributed by atoms with Gasteiger partial charge in [0.2, 0.25) is 0 Å². The van der Waals surface area contributed by atoms with Gasteiger partial charge in [-0.2, -0.15) is 5.26 Å². The summed E-state index contributed by atoms with van der Waals surface area (Å²) in [6.07, 6.45) is 6.48. The Labute approximate surface area is 245 Å². The number of piperazine rings is 1. The number of thiocarbonyl (C=S) groups is 1. The van der Waals surface area contributed by atoms with Crippen LogP contribution in [0.4, 0.5) is 15.9 Å². The molecule has 0 N–H and O–H groups in total. The summed E-state index contributed by atoms with van der Waals surface area (Å²) in [5.74, 6) is 0.350. The number of hydrogen-bond donors (Lipinski definition) is 0. The molecule has 10 heteroatoms. The van der Waals surface area contributed by atoms with Crippen LogP contribution in [0.25, 0.3) is 6.08 Å². The number of rotatable bonds is 10. The van der Waals surface area contributed by atoms with Crippen LogP contribution in [0.1, 0.15) is 62.6 Å². The molecule has 2 saturated heterocycles. The van der Waals surface area contributed by atoms with Crippen molar-refractivity contribution in [3.63, 3.8) is 0 Å². The summed E-state index contributed by atoms with van der Waals surface area (Å²) < 4.78 is 15.7. The van der Waals surface area contributed by atoms with Crippen LogP contribution in [0.3, 0.4) is 0 Å². The molecule has 0 atom stereocenters. The number of nitriles is 1. The number of thioether (sulfide) groups is 1. The van der Waals surface area contributed by atoms with Crippen LogP contribution in [0.15, 0.2) is 34.0 Å². The van der Waals surface area contributed by atoms with Gasteiger partial charge in [0, 0.05) is 50.5 Å². The predicted octanol–water partition coefficient (Wildman–Crippen LogP) is 5.69. The maximum Gasteiger partial charge on any atom is 0.270 e. The molecule has 7 nitrogen and oxygen atoms in total. The highest BCUT2D eigenvalue weighted by Crippen LogP contribution is 2.36. The number of pyridine rings is 1. The molecule has 4 rings (SSSR count). The first-order valence-electron chi connectivity index (χ1n) is 14.0. The van der Waals surface area contributed by atoms with E-state index >= 15 is 0 Å². The third kappa shape index (κ3) is 6.26. The number of carbonyl (C=O) groups excluding carboxylic acids is 1. The summed E-state index contributed by atoms with van der Waals surface area (Å²) in [4.78, 5) is 33.5. The first-order valence-corrected chi connectivity index (χ1v) is 15.2. The van der Waals surface area contributed by atoms with Crippen LogP contribution in [-0.2, 0) is 11.3 Å². The second-order valence-corrected chi connectivity index (χ2v) is 11.8. The molecule has 0 saturated carbocycles. The van der Waals surface area contributed by atoms with Crippen LogP contribution >= 0.6 is 24.0 Å². The summed E-state index contributed by atoms with van der Waals surface area (Å²) in [6, 6.07) is 8.61. The van der Waals surface area contributed by atoms with Gasteiger partial charge >= 0.3 is 0 Å². The monoisotopic (exact) mass is 581 g/mol. The van der Waals surface area contributed by atoms with Gasteiger partial charge in [-0.1, -0.05) is 57.1 Å². The maximum absolute atomic E-state index is 13.6. The zero-order chi connectivity index (χ0) is 28.8. The van der Waals surface area contributed by atoms with E-state index in [0.29, 0.717) is 54.1 Å². The highest BCUT2D eigenvalue weighted by molar-refractivity contribution is 8.26. The van der Waals surface area contributed by atoms with Crippen molar-refractivity contribution in [2.45, 2.75) is 59.4 Å². The summed E-state index contributed by atoms with van der Waals surface area (Å²) >= 11 is 6.83. The van der Waals surface area contributed by atoms with Gasteiger partial charge in [-0.25, -0.2) is 4.39 Å². The second kappa shape index (κ2) is 13.5. The molecule has 3 heterocycles. The SMILES string of the molecule is CCCCCN1C(=O)C(=Cc2c(C)c(C#N)c(=O)n(CCCC)c2N2CCN(c3ccc(F)cc3)CC2)SC1=S. The lowest BCUT2D eigenvalue weighted by Gasteiger charge is -2.39. The number of carbonyl (C=O) groups is 1. The molecule has 40 heavy (non-hydrogen) atoms. The Balaban J connectivity index is 1.75. The predicted molar refractivity (Wildman–Crippen MR) is 165 cm³/mol. The number of anilines is 2. The van der Waals surface area contributed by atoms with Gasteiger partial charge in [0.25, 0.3) is 11.5 Å². The fraction of sp³-hybridized carbons (Fsp3) is 0.467. The summed E-state index contributed by atoms with van der Waals surface area (Å²) in [7, 11) is 0. The van der Waals surface area contributed by atoms with Crippen molar-refractivity contribution in [2.24, 2.45) is 0 Å². The van der Waals surface area contributed by atoms with E-state index in [9.17, 15) is 19.2 Å². The molecule has 1 aromatic carbocycles. The number of aromatic nitrogens is 1. The Hall–Kier alpha value is -3.16. The highest BCUT2D eigenvalue weighted by Gasteiger charge is 2.33. The van der Waals surface area contributed by atoms with Crippen LogP contribution < -0.4 is 15.4 Å². The number of benzene rings is 1. The molecule has 0 radical (unpaired) electrons. The lowest BCUT2D eigenvalue weighted by molar-refractivity contribution is -0.122. The van der Waals surface area contributed by atoms with Gasteiger partial charge in [0.05, 0.1) is 4.91 Å². The minimum absolute atomic E-state index is 0.106. The topological polar surface area (TPSA) is 72.6 Å². The van der Waals surface area contributed by atoms with Gasteiger partial charge in [0.15, 0.2) is 0 Å². The fourth-order valence-corrected chi connectivity index (χ4v) is 6.47. The molecule has 212 valence electrons. The van der Waals surface area contributed by atoms with E-state index in [0.717, 1.165) is 49.2 Å². The van der Waals surface area contributed by atoms with Crippen molar-refractivity contribution < 1.29 is 9.18 Å². The zero-order valence-corrected chi connectivity index (χ0v) is 25.0. The smallest absolute Gasteiger partial charge is 0.270 e. The zero-order valence-electron chi connectivity index (χ0n) is 23.4. The number of unbranched alkanes of at least 4 members (excludes halogenated alkanes) is 3. The standard InChI is InChI=1S/C30H36FN5O2S2/c1-4-6-8-14-36-29(38)26(40-30(36)39)19-24-21(3)25(20-32)28(37)35(13-7-5-2)27(24)34-17-15-33(16-18-34)23-11-9-22(31)10-12-23/h9-12,19H,4-8,13-18H2,1-3H3. The first-order chi connectivity index (χ1) is 19.3. The van der Waals surface area contributed by atoms with Crippen molar-refractivity contribution in [2.75, 3.05) is 42.5 Å². The van der Waals surface area contributed by atoms with Crippen LogP contribution in [0, 0.1) is 24.1 Å². The van der Waals surface area contributed by atoms with Gasteiger partial charge in [0.1, 0.15) is 27.6 Å². The lowest BCUT2D eigenvalue weighted by Crippen LogP contribution is -2.48. The molecule has 0 unspecified atom stereocenters. The Morgan fingerprint density at radius 1 is 1.00 bits per heavy atom. The Bertz CT molecular complexity index is 1390. The third-order valence-corrected chi connectivity index (χ3v) is 8.86. The van der Waals surface area contributed by atoms with E-state index < -0.39 is 0 Å². The third-order valence-electron chi connectivity index (χ3n) is 7.49. The Morgan fingerprint density at radius 2 is 1.65 bits per heavy atom. The molecule has 2 aliphatic rings. The van der Waals surface area contributed by atoms with E-state index in [-0.39, 0.29) is 22.8 Å². The van der Waals surface area contributed by atoms with Gasteiger partial charge < -0.3 is 9.80 Å². The summed E-state index contributed by atoms with van der Waals surface area (Å²) in [5.41, 5.74) is 2.06. The summed E-state index contributed by atoms with van der Waals surface area (Å²) in [5, 5.41) is 9.94. The van der Waals surface area contributed by atoms with E-state index in [4.69, 9.17) is 12.2 Å². The van der Waals surface area contributed by atoms with E-state index in [1.807, 2.05) is 6.08 Å². The summed E-state index contributed by atoms with van der Waals surface area (Å²) in [6.45, 7) is 9.68. The highest BCUT2D eigenvalue weighted by atomic mass is 32.2. The van der Waals surface area contributed by atoms with Crippen molar-refractivity contribution in [1.82, 2.24) is 9.47 Å². The first kappa shape index (κ1) is 29.8. The van der Waals surface area contributed by atoms with Crippen molar-refractivity contribution in [3.05, 3.63) is 62.0 Å². The van der Waals surface area contributed by atoms with E-state index in [1.54, 1.807) is 28.5 Å². The number of amides is 1. The molecular weight excluding hydrogens is 545 g/mol. The van der Waals surface area contributed by atoms with Gasteiger partial charge in [-0.15, -0.1) is 0 Å². The quantitative estimate of drug-likeness (QED) is 0.203. The molecule has 2 aliphatic heterocycles. The Morgan fingerprint density at radius 3 is 2.27 bits per heavy atom. The van der Waals surface area contributed by atoms with E-state index in [1.165, 1.54) is 23.9 Å². The minimum Gasteiger partial charge on any atom is -0.368 e. The maximum atomic E-state index is 13.6. The molecular formula is C30H36FN5O2S2. The number of halogens is 1. The lowest BCUT2D eigenvalue weighted by atomic mass is 10.0. The second-order valence-electron chi connectivity index (χ2n) is 10.2. The van der Waals surface area contributed by atoms with Crippen molar-refractivity contribution in [3.8, 4) is 6.07 Å². The molecule has 2 aromatic rings. The van der Waals surface area contributed by atoms with Crippen LogP contribution in [0.2, 0.25) is 0 Å². The number of hydrogen-bond acceptors (Lipinski definition) is 7. The number of nitrogens with zero attached hydrogens (tertiary/aromatic N) is 5. The van der Waals surface area contributed by atoms with Gasteiger partial charge in [-0.3, -0.25) is 19.1 Å². The molecule has 0 aliphatic carbocycles. The average molecular weight is 582 g/mol. The van der Waals surface area contributed by atoms with Crippen molar-refractivity contribution in [1.29, 1.82) is 5.26 Å². The molecule has 2 fully saturated rings. The van der Waals surface area contributed by atoms with Crippen LogP contribution in [0.5, 0.6) is 0 Å². The molecule has 0 spiro atoms. The van der Waals surface area contributed by atoms with Crippen LogP contribution in [-0.4, -0.2) is 52.4 Å².